The molecule has 3 heterocycles. The van der Waals surface area contributed by atoms with E-state index in [1.807, 2.05) is 18.2 Å². The van der Waals surface area contributed by atoms with Crippen LogP contribution in [0.5, 0.6) is 0 Å². The van der Waals surface area contributed by atoms with Crippen molar-refractivity contribution in [2.75, 3.05) is 29.0 Å². The number of nitrogens with two attached hydrogens (primary N) is 1. The van der Waals surface area contributed by atoms with E-state index < -0.39 is 8.07 Å². The average molecular weight is 404 g/mol. The predicted octanol–water partition coefficient (Wildman–Crippen LogP) is 2.92. The van der Waals surface area contributed by atoms with Gasteiger partial charge in [0.2, 0.25) is 5.95 Å². The molecule has 0 amide bonds. The van der Waals surface area contributed by atoms with Crippen molar-refractivity contribution in [2.24, 2.45) is 0 Å². The van der Waals surface area contributed by atoms with Crippen LogP contribution in [0.4, 0.5) is 17.5 Å². The number of fused-ring (bicyclic) bond motifs is 1. The fourth-order valence-electron chi connectivity index (χ4n) is 3.30. The Bertz CT molecular complexity index is 1080. The van der Waals surface area contributed by atoms with Crippen molar-refractivity contribution in [1.29, 1.82) is 0 Å². The van der Waals surface area contributed by atoms with Crippen LogP contribution in [0.15, 0.2) is 36.8 Å². The smallest absolute Gasteiger partial charge is 0.222 e. The minimum Gasteiger partial charge on any atom is -0.399 e. The molecule has 3 N–H and O–H groups in total. The monoisotopic (exact) mass is 403 g/mol. The molecule has 1 aliphatic heterocycles. The first kappa shape index (κ1) is 19.1. The molecule has 0 radical (unpaired) electrons. The first-order valence-corrected chi connectivity index (χ1v) is 13.2. The molecular formula is C21H25N7Si. The van der Waals surface area contributed by atoms with Gasteiger partial charge < -0.3 is 16.0 Å². The number of hydrogen-bond donors (Lipinski definition) is 2. The van der Waals surface area contributed by atoms with E-state index in [-0.39, 0.29) is 6.04 Å². The van der Waals surface area contributed by atoms with Crippen LogP contribution in [0.25, 0.3) is 10.8 Å². The molecule has 3 aromatic rings. The highest BCUT2D eigenvalue weighted by Gasteiger charge is 2.25. The first-order chi connectivity index (χ1) is 13.9. The van der Waals surface area contributed by atoms with Crippen LogP contribution in [0.2, 0.25) is 19.6 Å². The Morgan fingerprint density at radius 1 is 1.17 bits per heavy atom. The maximum Gasteiger partial charge on any atom is 0.222 e. The Balaban J connectivity index is 1.44. The minimum absolute atomic E-state index is 0.250. The molecule has 0 aliphatic carbocycles. The summed E-state index contributed by atoms with van der Waals surface area (Å²) in [7, 11) is -1.40. The Labute approximate surface area is 171 Å². The summed E-state index contributed by atoms with van der Waals surface area (Å²) in [5.41, 5.74) is 10.8. The Hall–Kier alpha value is -3.18. The van der Waals surface area contributed by atoms with E-state index in [1.54, 1.807) is 18.6 Å². The van der Waals surface area contributed by atoms with E-state index in [2.05, 4.69) is 61.5 Å². The topological polar surface area (TPSA) is 92.9 Å². The molecule has 8 heteroatoms. The van der Waals surface area contributed by atoms with Crippen LogP contribution in [-0.4, -0.2) is 47.4 Å². The van der Waals surface area contributed by atoms with E-state index in [9.17, 15) is 0 Å². The van der Waals surface area contributed by atoms with Gasteiger partial charge in [0.1, 0.15) is 8.07 Å². The summed E-state index contributed by atoms with van der Waals surface area (Å²) in [6.07, 6.45) is 6.31. The van der Waals surface area contributed by atoms with Gasteiger partial charge in [-0.2, -0.15) is 5.10 Å². The van der Waals surface area contributed by atoms with Crippen molar-refractivity contribution in [3.63, 3.8) is 0 Å². The molecule has 148 valence electrons. The van der Waals surface area contributed by atoms with Gasteiger partial charge in [0.25, 0.3) is 0 Å². The first-order valence-electron chi connectivity index (χ1n) is 9.75. The van der Waals surface area contributed by atoms with Crippen LogP contribution in [0, 0.1) is 11.5 Å². The molecule has 1 unspecified atom stereocenters. The van der Waals surface area contributed by atoms with Crippen molar-refractivity contribution >= 4 is 36.3 Å². The number of hydrogen-bond acceptors (Lipinski definition) is 7. The van der Waals surface area contributed by atoms with Gasteiger partial charge in [-0.25, -0.2) is 9.97 Å². The lowest BCUT2D eigenvalue weighted by molar-refractivity contribution is 0.790. The number of nitrogen functional groups attached to an aromatic ring is 1. The molecule has 2 aromatic heterocycles. The summed E-state index contributed by atoms with van der Waals surface area (Å²) in [5.74, 6) is 4.71. The summed E-state index contributed by atoms with van der Waals surface area (Å²) in [6, 6.07) is 6.10. The fourth-order valence-corrected chi connectivity index (χ4v) is 3.82. The standard InChI is InChI=1S/C21H25N7Si/c1-29(2,3)9-7-15-11-23-21(24-12-15)26-18-6-8-28(14-18)20-19-5-4-17(22)10-16(19)13-25-27-20/h4-5,10-13,18H,6,8,14,22H2,1-3H3,(H,23,24,26). The number of aromatic nitrogens is 4. The van der Waals surface area contributed by atoms with Crippen molar-refractivity contribution in [1.82, 2.24) is 20.2 Å². The SMILES string of the molecule is C[Si](C)(C)C#Cc1cnc(NC2CCN(c3nncc4cc(N)ccc34)C2)nc1. The van der Waals surface area contributed by atoms with Gasteiger partial charge in [-0.05, 0) is 24.6 Å². The second kappa shape index (κ2) is 7.68. The van der Waals surface area contributed by atoms with E-state index >= 15 is 0 Å². The molecule has 1 saturated heterocycles. The molecule has 29 heavy (non-hydrogen) atoms. The van der Waals surface area contributed by atoms with Crippen molar-refractivity contribution in [3.8, 4) is 11.5 Å². The van der Waals surface area contributed by atoms with Gasteiger partial charge in [-0.15, -0.1) is 10.6 Å². The van der Waals surface area contributed by atoms with Gasteiger partial charge in [0, 0.05) is 48.0 Å². The van der Waals surface area contributed by atoms with Crippen LogP contribution < -0.4 is 16.0 Å². The molecule has 1 atom stereocenters. The molecular weight excluding hydrogens is 378 g/mol. The lowest BCUT2D eigenvalue weighted by Crippen LogP contribution is -2.27. The molecule has 1 aromatic carbocycles. The highest BCUT2D eigenvalue weighted by atomic mass is 28.3. The average Bonchev–Trinajstić information content (AvgIpc) is 3.14. The van der Waals surface area contributed by atoms with Crippen LogP contribution in [-0.2, 0) is 0 Å². The van der Waals surface area contributed by atoms with Crippen LogP contribution >= 0.6 is 0 Å². The van der Waals surface area contributed by atoms with E-state index in [0.29, 0.717) is 5.95 Å². The Kier molecular flexibility index (Phi) is 5.07. The van der Waals surface area contributed by atoms with Gasteiger partial charge >= 0.3 is 0 Å². The normalized spacial score (nSPS) is 16.5. The lowest BCUT2D eigenvalue weighted by Gasteiger charge is -2.19. The molecule has 1 aliphatic rings. The third kappa shape index (κ3) is 4.63. The summed E-state index contributed by atoms with van der Waals surface area (Å²) >= 11 is 0. The van der Waals surface area contributed by atoms with Crippen LogP contribution in [0.3, 0.4) is 0 Å². The van der Waals surface area contributed by atoms with E-state index in [4.69, 9.17) is 5.73 Å². The Morgan fingerprint density at radius 2 is 1.97 bits per heavy atom. The quantitative estimate of drug-likeness (QED) is 0.394. The summed E-state index contributed by atoms with van der Waals surface area (Å²) < 4.78 is 0. The van der Waals surface area contributed by atoms with Crippen molar-refractivity contribution < 1.29 is 0 Å². The zero-order valence-electron chi connectivity index (χ0n) is 17.0. The van der Waals surface area contributed by atoms with Gasteiger partial charge in [0.15, 0.2) is 5.82 Å². The summed E-state index contributed by atoms with van der Waals surface area (Å²) in [5, 5.41) is 14.0. The third-order valence-corrected chi connectivity index (χ3v) is 5.60. The molecule has 1 fully saturated rings. The van der Waals surface area contributed by atoms with E-state index in [1.165, 1.54) is 0 Å². The zero-order valence-corrected chi connectivity index (χ0v) is 18.0. The second-order valence-electron chi connectivity index (χ2n) is 8.39. The minimum atomic E-state index is -1.40. The lowest BCUT2D eigenvalue weighted by atomic mass is 10.1. The van der Waals surface area contributed by atoms with Gasteiger partial charge in [-0.1, -0.05) is 25.6 Å². The van der Waals surface area contributed by atoms with Crippen molar-refractivity contribution in [3.05, 3.63) is 42.4 Å². The maximum absolute atomic E-state index is 5.89. The van der Waals surface area contributed by atoms with Gasteiger partial charge in [-0.3, -0.25) is 0 Å². The number of rotatable bonds is 3. The number of benzene rings is 1. The predicted molar refractivity (Wildman–Crippen MR) is 120 cm³/mol. The van der Waals surface area contributed by atoms with Crippen molar-refractivity contribution in [2.45, 2.75) is 32.1 Å². The van der Waals surface area contributed by atoms with Gasteiger partial charge in [0.05, 0.1) is 11.8 Å². The molecule has 0 saturated carbocycles. The van der Waals surface area contributed by atoms with E-state index in [0.717, 1.165) is 47.4 Å². The summed E-state index contributed by atoms with van der Waals surface area (Å²) in [4.78, 5) is 11.1. The van der Waals surface area contributed by atoms with Crippen LogP contribution in [0.1, 0.15) is 12.0 Å². The second-order valence-corrected chi connectivity index (χ2v) is 13.1. The number of nitrogens with zero attached hydrogens (tertiary/aromatic N) is 5. The summed E-state index contributed by atoms with van der Waals surface area (Å²) in [6.45, 7) is 8.38. The number of nitrogens with one attached hydrogen (secondary N) is 1. The zero-order chi connectivity index (χ0) is 20.4. The highest BCUT2D eigenvalue weighted by Crippen LogP contribution is 2.28. The number of anilines is 3. The molecule has 0 bridgehead atoms. The highest BCUT2D eigenvalue weighted by molar-refractivity contribution is 6.83. The third-order valence-electron chi connectivity index (χ3n) is 4.72. The fraction of sp³-hybridized carbons (Fsp3) is 0.333. The molecule has 0 spiro atoms. The Morgan fingerprint density at radius 3 is 2.72 bits per heavy atom. The largest absolute Gasteiger partial charge is 0.399 e. The molecule has 7 nitrogen and oxygen atoms in total. The maximum atomic E-state index is 5.89. The molecule has 4 rings (SSSR count).